The molecule has 0 aliphatic heterocycles. The quantitative estimate of drug-likeness (QED) is 0.0205. The Morgan fingerprint density at radius 2 is 0.725 bits per heavy atom. The molecule has 474 valence electrons. The van der Waals surface area contributed by atoms with E-state index in [4.69, 9.17) is 13.8 Å². The Hall–Kier alpha value is -1.51. The van der Waals surface area contributed by atoms with Crippen molar-refractivity contribution in [3.8, 4) is 0 Å². The lowest BCUT2D eigenvalue weighted by molar-refractivity contribution is -0.870. The van der Waals surface area contributed by atoms with E-state index < -0.39 is 20.0 Å². The number of nitrogens with one attached hydrogen (secondary N) is 1. The van der Waals surface area contributed by atoms with E-state index in [9.17, 15) is 19.0 Å². The molecule has 0 bridgehead atoms. The van der Waals surface area contributed by atoms with Gasteiger partial charge in [-0.25, -0.2) is 4.57 Å². The zero-order chi connectivity index (χ0) is 58.6. The number of carbonyl (C=O) groups is 2. The fourth-order valence-corrected chi connectivity index (χ4v) is 11.4. The molecule has 80 heavy (non-hydrogen) atoms. The number of likely N-dealkylation sites (N-methyl/N-ethyl adjacent to an activating group) is 1. The fourth-order valence-electron chi connectivity index (χ4n) is 10.7. The van der Waals surface area contributed by atoms with Crippen molar-refractivity contribution in [3.63, 3.8) is 0 Å². The highest BCUT2D eigenvalue weighted by atomic mass is 31.2. The van der Waals surface area contributed by atoms with Gasteiger partial charge < -0.3 is 19.4 Å². The van der Waals surface area contributed by atoms with Crippen LogP contribution in [0.25, 0.3) is 0 Å². The van der Waals surface area contributed by atoms with Crippen molar-refractivity contribution in [2.75, 3.05) is 40.9 Å². The summed E-state index contributed by atoms with van der Waals surface area (Å²) in [5.74, 6) is -0.482. The summed E-state index contributed by atoms with van der Waals surface area (Å²) in [5.41, 5.74) is 0. The molecule has 0 aromatic carbocycles. The molecule has 0 radical (unpaired) electrons. The van der Waals surface area contributed by atoms with Gasteiger partial charge in [0, 0.05) is 12.8 Å². The lowest BCUT2D eigenvalue weighted by atomic mass is 10.0. The summed E-state index contributed by atoms with van der Waals surface area (Å²) >= 11 is 0. The fraction of sp³-hybridized carbons (Fsp3) is 0.914. The van der Waals surface area contributed by atoms with Gasteiger partial charge in [0.1, 0.15) is 19.3 Å². The van der Waals surface area contributed by atoms with Gasteiger partial charge in [0.25, 0.3) is 0 Å². The summed E-state index contributed by atoms with van der Waals surface area (Å²) in [6.45, 7) is 7.07. The lowest BCUT2D eigenvalue weighted by Crippen LogP contribution is -2.47. The Kier molecular flexibility index (Phi) is 59.5. The number of ether oxygens (including phenoxy) is 1. The Labute approximate surface area is 498 Å². The third-order valence-corrected chi connectivity index (χ3v) is 17.1. The van der Waals surface area contributed by atoms with Crippen LogP contribution in [0.4, 0.5) is 0 Å². The van der Waals surface area contributed by atoms with E-state index in [-0.39, 0.29) is 25.1 Å². The molecule has 0 aromatic heterocycles. The van der Waals surface area contributed by atoms with Crippen molar-refractivity contribution in [2.24, 2.45) is 0 Å². The van der Waals surface area contributed by atoms with Gasteiger partial charge in [0.05, 0.1) is 33.8 Å². The first-order chi connectivity index (χ1) is 38.9. The molecular weight excluding hydrogens is 1010 g/mol. The predicted octanol–water partition coefficient (Wildman–Crippen LogP) is 22.1. The third-order valence-electron chi connectivity index (χ3n) is 16.1. The van der Waals surface area contributed by atoms with Crippen molar-refractivity contribution in [1.29, 1.82) is 0 Å². The molecule has 0 spiro atoms. The van der Waals surface area contributed by atoms with E-state index in [1.54, 1.807) is 0 Å². The molecule has 2 N–H and O–H groups in total. The molecule has 0 saturated heterocycles. The van der Waals surface area contributed by atoms with Gasteiger partial charge in [-0.3, -0.25) is 18.6 Å². The zero-order valence-electron chi connectivity index (χ0n) is 54.4. The normalized spacial score (nSPS) is 13.6. The van der Waals surface area contributed by atoms with Crippen LogP contribution in [0, 0.1) is 0 Å². The monoisotopic (exact) mass is 1150 g/mol. The summed E-state index contributed by atoms with van der Waals surface area (Å²) in [6.07, 6.45) is 73.3. The van der Waals surface area contributed by atoms with Crippen LogP contribution in [0.3, 0.4) is 0 Å². The van der Waals surface area contributed by atoms with Crippen molar-refractivity contribution >= 4 is 19.7 Å². The lowest BCUT2D eigenvalue weighted by Gasteiger charge is -2.27. The van der Waals surface area contributed by atoms with Crippen LogP contribution in [0.2, 0.25) is 0 Å². The van der Waals surface area contributed by atoms with Crippen molar-refractivity contribution in [3.05, 3.63) is 24.3 Å². The van der Waals surface area contributed by atoms with Crippen LogP contribution >= 0.6 is 7.82 Å². The first-order valence-corrected chi connectivity index (χ1v) is 36.7. The minimum absolute atomic E-state index is 0.0446. The highest BCUT2D eigenvalue weighted by Crippen LogP contribution is 2.43. The Morgan fingerprint density at radius 3 is 1.06 bits per heavy atom. The number of nitrogens with zero attached hydrogens (tertiary/aromatic N) is 1. The third kappa shape index (κ3) is 61.1. The number of rotatable bonds is 65. The van der Waals surface area contributed by atoms with Crippen LogP contribution in [0.5, 0.6) is 0 Å². The number of quaternary nitrogens is 1. The van der Waals surface area contributed by atoms with Gasteiger partial charge in [-0.15, -0.1) is 0 Å². The van der Waals surface area contributed by atoms with Gasteiger partial charge in [-0.1, -0.05) is 315 Å². The van der Waals surface area contributed by atoms with Gasteiger partial charge in [-0.05, 0) is 57.4 Å². The number of phosphoric ester groups is 1. The Morgan fingerprint density at radius 1 is 0.425 bits per heavy atom. The van der Waals surface area contributed by atoms with Gasteiger partial charge in [0.15, 0.2) is 0 Å². The summed E-state index contributed by atoms with van der Waals surface area (Å²) in [7, 11) is 1.52. The molecule has 0 fully saturated rings. The van der Waals surface area contributed by atoms with E-state index in [0.29, 0.717) is 23.9 Å². The minimum atomic E-state index is -4.45. The first kappa shape index (κ1) is 78.5. The summed E-state index contributed by atoms with van der Waals surface area (Å²) < 4.78 is 30.8. The predicted molar refractivity (Wildman–Crippen MR) is 346 cm³/mol. The Bertz CT molecular complexity index is 1420. The van der Waals surface area contributed by atoms with Crippen LogP contribution in [0.15, 0.2) is 24.3 Å². The zero-order valence-corrected chi connectivity index (χ0v) is 55.2. The van der Waals surface area contributed by atoms with Crippen molar-refractivity contribution < 1.29 is 37.3 Å². The average Bonchev–Trinajstić information content (AvgIpc) is 3.42. The Balaban J connectivity index is 5.02. The second-order valence-electron chi connectivity index (χ2n) is 25.4. The maximum absolute atomic E-state index is 13.6. The van der Waals surface area contributed by atoms with E-state index in [1.165, 1.54) is 270 Å². The minimum Gasteiger partial charge on any atom is -0.456 e. The number of esters is 1. The van der Waals surface area contributed by atoms with Gasteiger partial charge in [0.2, 0.25) is 5.91 Å². The van der Waals surface area contributed by atoms with E-state index in [0.717, 1.165) is 57.8 Å². The molecule has 0 saturated carbocycles. The molecule has 10 heteroatoms. The van der Waals surface area contributed by atoms with Crippen LogP contribution in [0.1, 0.15) is 361 Å². The van der Waals surface area contributed by atoms with Crippen LogP contribution in [-0.2, 0) is 27.9 Å². The summed E-state index contributed by atoms with van der Waals surface area (Å²) in [5, 5.41) is 3.08. The summed E-state index contributed by atoms with van der Waals surface area (Å²) in [4.78, 5) is 37.8. The highest BCUT2D eigenvalue weighted by Gasteiger charge is 2.30. The molecule has 3 unspecified atom stereocenters. The maximum Gasteiger partial charge on any atom is 0.472 e. The van der Waals surface area contributed by atoms with E-state index in [1.807, 2.05) is 33.3 Å². The second kappa shape index (κ2) is 60.6. The molecule has 0 rings (SSSR count). The molecule has 0 heterocycles. The molecule has 0 aliphatic carbocycles. The number of phosphoric acid groups is 1. The largest absolute Gasteiger partial charge is 0.472 e. The number of amides is 1. The van der Waals surface area contributed by atoms with Gasteiger partial charge in [-0.2, -0.15) is 0 Å². The maximum atomic E-state index is 13.6. The molecule has 0 aromatic rings. The first-order valence-electron chi connectivity index (χ1n) is 35.2. The smallest absolute Gasteiger partial charge is 0.456 e. The SMILES string of the molecule is CCCCCCCC/C=C/CCCCCCCCCCCCCCCCCC(=O)NC(COP(=O)(O)OCC[N+](C)(C)C)C(/C=C\CCCCCCCCCCCC)OC(=O)CCCCCCCCCCCCCCCCCCC. The number of carbonyl (C=O) groups excluding carboxylic acids is 2. The van der Waals surface area contributed by atoms with E-state index in [2.05, 4.69) is 38.2 Å². The number of allylic oxidation sites excluding steroid dienone is 3. The van der Waals surface area contributed by atoms with Crippen molar-refractivity contribution in [1.82, 2.24) is 5.32 Å². The number of unbranched alkanes of at least 4 members (excludes halogenated alkanes) is 47. The molecule has 3 atom stereocenters. The molecule has 1 amide bonds. The number of hydrogen-bond acceptors (Lipinski definition) is 6. The van der Waals surface area contributed by atoms with Crippen molar-refractivity contribution in [2.45, 2.75) is 373 Å². The standard InChI is InChI=1S/C70H137N2O7P/c1-7-10-13-16-19-22-25-28-30-32-33-34-35-36-37-38-39-41-42-44-47-50-53-56-59-62-69(73)71-67(66-78-80(75,76)77-65-64-72(4,5)6)68(61-58-55-52-49-46-27-24-21-18-15-12-9-3)79-70(74)63-60-57-54-51-48-45-43-40-31-29-26-23-20-17-14-11-8-2/h28,30,58,61,67-68H,7-27,29,31-57,59-60,62-66H2,1-6H3,(H-,71,73,75,76)/p+1/b30-28+,61-58-. The molecular formula is C70H138N2O7P+. The summed E-state index contributed by atoms with van der Waals surface area (Å²) in [6, 6.07) is -0.842. The topological polar surface area (TPSA) is 111 Å². The molecule has 0 aliphatic rings. The average molecular weight is 1150 g/mol. The highest BCUT2D eigenvalue weighted by molar-refractivity contribution is 7.47. The molecule has 9 nitrogen and oxygen atoms in total. The van der Waals surface area contributed by atoms with Gasteiger partial charge >= 0.3 is 13.8 Å². The van der Waals surface area contributed by atoms with Crippen LogP contribution in [-0.4, -0.2) is 74.3 Å². The van der Waals surface area contributed by atoms with Crippen LogP contribution < -0.4 is 5.32 Å². The van der Waals surface area contributed by atoms with E-state index >= 15 is 0 Å². The second-order valence-corrected chi connectivity index (χ2v) is 26.9. The number of hydrogen-bond donors (Lipinski definition) is 2.